The molecule has 0 amide bonds. The fourth-order valence-electron chi connectivity index (χ4n) is 1.10. The minimum absolute atomic E-state index is 0. The maximum absolute atomic E-state index is 8.79. The van der Waals surface area contributed by atoms with Crippen LogP contribution in [0.25, 0.3) is 0 Å². The molecule has 1 aliphatic rings. The smallest absolute Gasteiger partial charge is 0.186 e. The van der Waals surface area contributed by atoms with E-state index in [2.05, 4.69) is 4.99 Å². The zero-order valence-corrected chi connectivity index (χ0v) is 10.7. The molecule has 7 nitrogen and oxygen atoms in total. The van der Waals surface area contributed by atoms with Crippen molar-refractivity contribution in [1.29, 1.82) is 26.3 Å². The summed E-state index contributed by atoms with van der Waals surface area (Å²) < 4.78 is 0. The summed E-state index contributed by atoms with van der Waals surface area (Å²) in [4.78, 5) is 4.26. The summed E-state index contributed by atoms with van der Waals surface area (Å²) in [7, 11) is 0. The Labute approximate surface area is 119 Å². The first-order chi connectivity index (χ1) is 7.73. The molecule has 8 heteroatoms. The van der Waals surface area contributed by atoms with Crippen LogP contribution in [0, 0.1) is 56.8 Å². The molecular formula is C9HN7Na. The normalized spacial score (nSPS) is 17.2. The number of hydrogen-bond acceptors (Lipinski definition) is 7. The van der Waals surface area contributed by atoms with E-state index in [9.17, 15) is 0 Å². The summed E-state index contributed by atoms with van der Waals surface area (Å²) in [6.07, 6.45) is 1.58. The van der Waals surface area contributed by atoms with Crippen LogP contribution in [-0.4, -0.2) is 46.2 Å². The molecule has 1 unspecified atom stereocenters. The van der Waals surface area contributed by atoms with Crippen LogP contribution in [0.3, 0.4) is 0 Å². The number of nitrogens with zero attached hydrogens (tertiary/aromatic N) is 7. The van der Waals surface area contributed by atoms with Gasteiger partial charge in [0.25, 0.3) is 0 Å². The molecule has 0 saturated carbocycles. The molecule has 0 aliphatic carbocycles. The van der Waals surface area contributed by atoms with Crippen LogP contribution in [0.4, 0.5) is 0 Å². The van der Waals surface area contributed by atoms with Gasteiger partial charge in [-0.05, 0) is 0 Å². The third-order valence-corrected chi connectivity index (χ3v) is 1.77. The molecule has 0 aromatic heterocycles. The third kappa shape index (κ3) is 2.43. The third-order valence-electron chi connectivity index (χ3n) is 1.77. The van der Waals surface area contributed by atoms with E-state index in [1.807, 2.05) is 0 Å². The minimum Gasteiger partial charge on any atom is -0.243 e. The van der Waals surface area contributed by atoms with Gasteiger partial charge in [0.05, 0.1) is 6.07 Å². The first-order valence-electron chi connectivity index (χ1n) is 3.85. The summed E-state index contributed by atoms with van der Waals surface area (Å²) >= 11 is 0. The van der Waals surface area contributed by atoms with Crippen molar-refractivity contribution in [2.24, 2.45) is 4.99 Å². The summed E-state index contributed by atoms with van der Waals surface area (Å²) in [5.41, 5.74) is -0.942. The molecule has 17 heavy (non-hydrogen) atoms. The maximum Gasteiger partial charge on any atom is 0.186 e. The van der Waals surface area contributed by atoms with Gasteiger partial charge in [0.2, 0.25) is 0 Å². The zero-order chi connectivity index (χ0) is 12.1. The quantitative estimate of drug-likeness (QED) is 0.407. The van der Waals surface area contributed by atoms with Crippen molar-refractivity contribution in [1.82, 2.24) is 4.90 Å². The molecule has 0 bridgehead atoms. The van der Waals surface area contributed by atoms with E-state index in [0.29, 0.717) is 4.90 Å². The summed E-state index contributed by atoms with van der Waals surface area (Å²) in [5, 5.41) is 43.7. The maximum atomic E-state index is 8.79. The number of allylic oxidation sites excluding steroid dienone is 2. The van der Waals surface area contributed by atoms with Gasteiger partial charge in [-0.2, -0.15) is 26.3 Å². The minimum atomic E-state index is -1.25. The molecule has 0 spiro atoms. The molecule has 0 aromatic carbocycles. The second-order valence-electron chi connectivity index (χ2n) is 2.53. The first kappa shape index (κ1) is 14.7. The van der Waals surface area contributed by atoms with E-state index < -0.39 is 6.04 Å². The number of hydrogen-bond donors (Lipinski definition) is 0. The van der Waals surface area contributed by atoms with Crippen molar-refractivity contribution < 1.29 is 0 Å². The van der Waals surface area contributed by atoms with Crippen molar-refractivity contribution in [2.45, 2.75) is 6.04 Å². The Bertz CT molecular complexity index is 596. The van der Waals surface area contributed by atoms with E-state index in [1.165, 1.54) is 0 Å². The molecule has 0 fully saturated rings. The zero-order valence-electron chi connectivity index (χ0n) is 8.71. The molecule has 1 atom stereocenters. The van der Waals surface area contributed by atoms with E-state index in [0.717, 1.165) is 0 Å². The van der Waals surface area contributed by atoms with Crippen LogP contribution >= 0.6 is 0 Å². The van der Waals surface area contributed by atoms with Crippen LogP contribution in [0.1, 0.15) is 0 Å². The molecule has 0 aromatic rings. The Morgan fingerprint density at radius 2 is 1.65 bits per heavy atom. The van der Waals surface area contributed by atoms with Crippen molar-refractivity contribution in [3.05, 3.63) is 11.4 Å². The van der Waals surface area contributed by atoms with E-state index in [4.69, 9.17) is 26.3 Å². The fraction of sp³-hybridized carbons (Fsp3) is 0.111. The SMILES string of the molecule is N#CC1=NC(C#N)=C(C#N)N(C#N)C1C#N.[Na]. The van der Waals surface area contributed by atoms with Crippen molar-refractivity contribution in [3.63, 3.8) is 0 Å². The van der Waals surface area contributed by atoms with Crippen LogP contribution in [0.15, 0.2) is 16.4 Å². The van der Waals surface area contributed by atoms with Gasteiger partial charge in [-0.1, -0.05) is 0 Å². The Morgan fingerprint density at radius 1 is 1.00 bits per heavy atom. The van der Waals surface area contributed by atoms with Crippen molar-refractivity contribution in [3.8, 4) is 30.5 Å². The monoisotopic (exact) mass is 230 g/mol. The first-order valence-corrected chi connectivity index (χ1v) is 3.85. The molecule has 73 valence electrons. The van der Waals surface area contributed by atoms with Crippen LogP contribution in [0.2, 0.25) is 0 Å². The van der Waals surface area contributed by atoms with Crippen LogP contribution in [-0.2, 0) is 0 Å². The van der Waals surface area contributed by atoms with Gasteiger partial charge in [0.15, 0.2) is 29.3 Å². The van der Waals surface area contributed by atoms with Crippen molar-refractivity contribution in [2.75, 3.05) is 0 Å². The fourth-order valence-corrected chi connectivity index (χ4v) is 1.10. The molecule has 1 heterocycles. The molecule has 0 saturated heterocycles. The number of rotatable bonds is 0. The Hall–Kier alpha value is -2.34. The Kier molecular flexibility index (Phi) is 5.42. The average Bonchev–Trinajstić information content (AvgIpc) is 2.35. The van der Waals surface area contributed by atoms with E-state index in [-0.39, 0.29) is 46.7 Å². The summed E-state index contributed by atoms with van der Waals surface area (Å²) in [6, 6.07) is 5.24. The van der Waals surface area contributed by atoms with Gasteiger partial charge in [-0.25, -0.2) is 9.89 Å². The predicted octanol–water partition coefficient (Wildman–Crippen LogP) is -0.482. The summed E-state index contributed by atoms with van der Waals surface area (Å²) in [5.74, 6) is 0. The largest absolute Gasteiger partial charge is 0.243 e. The molecule has 1 aliphatic heterocycles. The van der Waals surface area contributed by atoms with Gasteiger partial charge >= 0.3 is 0 Å². The topological polar surface area (TPSA) is 135 Å². The Morgan fingerprint density at radius 3 is 2.00 bits per heavy atom. The van der Waals surface area contributed by atoms with Gasteiger partial charge in [0.1, 0.15) is 18.2 Å². The Balaban J connectivity index is 0.00000256. The second-order valence-corrected chi connectivity index (χ2v) is 2.53. The molecule has 0 N–H and O–H groups in total. The van der Waals surface area contributed by atoms with E-state index in [1.54, 1.807) is 30.5 Å². The van der Waals surface area contributed by atoms with Crippen LogP contribution < -0.4 is 0 Å². The number of nitriles is 5. The average molecular weight is 230 g/mol. The van der Waals surface area contributed by atoms with Gasteiger partial charge in [0, 0.05) is 29.6 Å². The van der Waals surface area contributed by atoms with E-state index >= 15 is 0 Å². The van der Waals surface area contributed by atoms with Gasteiger partial charge < -0.3 is 0 Å². The van der Waals surface area contributed by atoms with Crippen molar-refractivity contribution >= 4 is 35.3 Å². The standard InChI is InChI=1S/C9HN7.Na/c10-1-6-8(3-12)16(5-14)9(4-13)7(2-11)15-6;/h8H;. The number of aliphatic imine (C=N–C) groups is 1. The predicted molar refractivity (Wildman–Crippen MR) is 53.9 cm³/mol. The molecule has 1 radical (unpaired) electrons. The molecular weight excluding hydrogens is 229 g/mol. The summed E-state index contributed by atoms with van der Waals surface area (Å²) in [6.45, 7) is 0. The van der Waals surface area contributed by atoms with Gasteiger partial charge in [-0.15, -0.1) is 0 Å². The van der Waals surface area contributed by atoms with Gasteiger partial charge in [-0.3, -0.25) is 0 Å². The molecule has 1 rings (SSSR count). The second kappa shape index (κ2) is 6.29. The van der Waals surface area contributed by atoms with Crippen LogP contribution in [0.5, 0.6) is 0 Å².